The van der Waals surface area contributed by atoms with Gasteiger partial charge in [-0.15, -0.1) is 0 Å². The Bertz CT molecular complexity index is 534. The second kappa shape index (κ2) is 3.64. The SMILES string of the molecule is NC[C@H]1NC(=O)[C@H]1N1C(=O)c2ccccc2C1=O. The highest BCUT2D eigenvalue weighted by Gasteiger charge is 2.50. The van der Waals surface area contributed by atoms with E-state index in [0.29, 0.717) is 11.1 Å². The third-order valence-corrected chi connectivity index (χ3v) is 3.33. The Balaban J connectivity index is 2.00. The molecule has 0 unspecified atom stereocenters. The van der Waals surface area contributed by atoms with Gasteiger partial charge >= 0.3 is 0 Å². The van der Waals surface area contributed by atoms with E-state index in [4.69, 9.17) is 5.73 Å². The first-order valence-corrected chi connectivity index (χ1v) is 5.62. The van der Waals surface area contributed by atoms with Gasteiger partial charge < -0.3 is 11.1 Å². The number of carbonyl (C=O) groups is 3. The zero-order valence-corrected chi connectivity index (χ0v) is 9.42. The highest BCUT2D eigenvalue weighted by molar-refractivity contribution is 6.23. The van der Waals surface area contributed by atoms with Gasteiger partial charge in [0, 0.05) is 6.54 Å². The lowest BCUT2D eigenvalue weighted by Crippen LogP contribution is -2.72. The van der Waals surface area contributed by atoms with E-state index in [0.717, 1.165) is 4.90 Å². The molecule has 1 saturated heterocycles. The largest absolute Gasteiger partial charge is 0.348 e. The van der Waals surface area contributed by atoms with E-state index < -0.39 is 17.9 Å². The Labute approximate surface area is 103 Å². The minimum Gasteiger partial charge on any atom is -0.348 e. The summed E-state index contributed by atoms with van der Waals surface area (Å²) in [6.07, 6.45) is 0. The fraction of sp³-hybridized carbons (Fsp3) is 0.250. The van der Waals surface area contributed by atoms with Gasteiger partial charge in [0.1, 0.15) is 6.04 Å². The predicted molar refractivity (Wildman–Crippen MR) is 61.7 cm³/mol. The van der Waals surface area contributed by atoms with E-state index >= 15 is 0 Å². The maximum atomic E-state index is 12.1. The number of hydrogen-bond donors (Lipinski definition) is 2. The van der Waals surface area contributed by atoms with E-state index in [1.165, 1.54) is 0 Å². The van der Waals surface area contributed by atoms with Crippen LogP contribution in [0.25, 0.3) is 0 Å². The zero-order chi connectivity index (χ0) is 12.9. The van der Waals surface area contributed by atoms with E-state index in [1.54, 1.807) is 24.3 Å². The molecular weight excluding hydrogens is 234 g/mol. The summed E-state index contributed by atoms with van der Waals surface area (Å²) in [5.41, 5.74) is 6.18. The van der Waals surface area contributed by atoms with Gasteiger partial charge in [-0.25, -0.2) is 0 Å². The number of carbonyl (C=O) groups excluding carboxylic acids is 3. The first kappa shape index (κ1) is 10.9. The van der Waals surface area contributed by atoms with Gasteiger partial charge in [-0.2, -0.15) is 0 Å². The van der Waals surface area contributed by atoms with Crippen LogP contribution in [0.2, 0.25) is 0 Å². The topological polar surface area (TPSA) is 92.5 Å². The van der Waals surface area contributed by atoms with Gasteiger partial charge in [0.25, 0.3) is 11.8 Å². The lowest BCUT2D eigenvalue weighted by molar-refractivity contribution is -0.134. The third kappa shape index (κ3) is 1.23. The molecule has 1 fully saturated rings. The summed E-state index contributed by atoms with van der Waals surface area (Å²) < 4.78 is 0. The van der Waals surface area contributed by atoms with E-state index in [9.17, 15) is 14.4 Å². The van der Waals surface area contributed by atoms with E-state index in [2.05, 4.69) is 5.32 Å². The van der Waals surface area contributed by atoms with Crippen LogP contribution in [0.1, 0.15) is 20.7 Å². The van der Waals surface area contributed by atoms with Crippen LogP contribution in [-0.4, -0.2) is 41.2 Å². The van der Waals surface area contributed by atoms with Crippen molar-refractivity contribution in [3.05, 3.63) is 35.4 Å². The predicted octanol–water partition coefficient (Wildman–Crippen LogP) is -0.892. The fourth-order valence-corrected chi connectivity index (χ4v) is 2.38. The molecule has 3 N–H and O–H groups in total. The number of nitrogens with one attached hydrogen (secondary N) is 1. The van der Waals surface area contributed by atoms with Crippen molar-refractivity contribution in [2.75, 3.05) is 6.54 Å². The quantitative estimate of drug-likeness (QED) is 0.522. The lowest BCUT2D eigenvalue weighted by Gasteiger charge is -2.40. The summed E-state index contributed by atoms with van der Waals surface area (Å²) in [7, 11) is 0. The van der Waals surface area contributed by atoms with Crippen LogP contribution in [0.3, 0.4) is 0 Å². The molecular formula is C12H11N3O3. The Hall–Kier alpha value is -2.21. The van der Waals surface area contributed by atoms with E-state index in [1.807, 2.05) is 0 Å². The molecule has 18 heavy (non-hydrogen) atoms. The average Bonchev–Trinajstić information content (AvgIpc) is 2.62. The molecule has 6 heteroatoms. The Kier molecular flexibility index (Phi) is 2.21. The summed E-state index contributed by atoms with van der Waals surface area (Å²) in [6.45, 7) is 0.198. The molecule has 0 aromatic heterocycles. The summed E-state index contributed by atoms with van der Waals surface area (Å²) in [5, 5.41) is 2.58. The Morgan fingerprint density at radius 2 is 1.67 bits per heavy atom. The normalized spacial score (nSPS) is 25.8. The summed E-state index contributed by atoms with van der Waals surface area (Å²) in [5.74, 6) is -1.18. The highest BCUT2D eigenvalue weighted by Crippen LogP contribution is 2.27. The third-order valence-electron chi connectivity index (χ3n) is 3.33. The van der Waals surface area contributed by atoms with Gasteiger partial charge in [0.2, 0.25) is 5.91 Å². The molecule has 1 aromatic rings. The van der Waals surface area contributed by atoms with Crippen molar-refractivity contribution in [2.45, 2.75) is 12.1 Å². The molecule has 92 valence electrons. The summed E-state index contributed by atoms with van der Waals surface area (Å²) in [4.78, 5) is 36.8. The monoisotopic (exact) mass is 245 g/mol. The second-order valence-corrected chi connectivity index (χ2v) is 4.32. The van der Waals surface area contributed by atoms with Gasteiger partial charge in [0.05, 0.1) is 17.2 Å². The number of β-lactam (4-membered cyclic amide) rings is 1. The maximum absolute atomic E-state index is 12.1. The van der Waals surface area contributed by atoms with Crippen LogP contribution in [0.5, 0.6) is 0 Å². The molecule has 2 atom stereocenters. The van der Waals surface area contributed by atoms with Gasteiger partial charge in [-0.3, -0.25) is 19.3 Å². The molecule has 0 bridgehead atoms. The molecule has 3 amide bonds. The van der Waals surface area contributed by atoms with Crippen LogP contribution in [0.4, 0.5) is 0 Å². The molecule has 0 saturated carbocycles. The molecule has 2 aliphatic rings. The van der Waals surface area contributed by atoms with Gasteiger partial charge in [-0.1, -0.05) is 12.1 Å². The van der Waals surface area contributed by atoms with Crippen molar-refractivity contribution in [3.63, 3.8) is 0 Å². The van der Waals surface area contributed by atoms with E-state index in [-0.39, 0.29) is 18.5 Å². The summed E-state index contributed by atoms with van der Waals surface area (Å²) >= 11 is 0. The van der Waals surface area contributed by atoms with Crippen LogP contribution >= 0.6 is 0 Å². The van der Waals surface area contributed by atoms with Crippen molar-refractivity contribution >= 4 is 17.7 Å². The number of rotatable bonds is 2. The first-order valence-electron chi connectivity index (χ1n) is 5.62. The molecule has 1 aromatic carbocycles. The molecule has 2 heterocycles. The number of hydrogen-bond acceptors (Lipinski definition) is 4. The maximum Gasteiger partial charge on any atom is 0.262 e. The fourth-order valence-electron chi connectivity index (χ4n) is 2.38. The number of benzene rings is 1. The van der Waals surface area contributed by atoms with Crippen molar-refractivity contribution < 1.29 is 14.4 Å². The van der Waals surface area contributed by atoms with Gasteiger partial charge in [0.15, 0.2) is 0 Å². The molecule has 0 radical (unpaired) electrons. The minimum atomic E-state index is -0.776. The zero-order valence-electron chi connectivity index (χ0n) is 9.42. The van der Waals surface area contributed by atoms with Crippen LogP contribution in [-0.2, 0) is 4.79 Å². The molecule has 0 aliphatic carbocycles. The number of imide groups is 1. The molecule has 3 rings (SSSR count). The standard InChI is InChI=1S/C12H11N3O3/c13-5-8-9(10(16)14-8)15-11(17)6-3-1-2-4-7(6)12(15)18/h1-4,8-9H,5,13H2,(H,14,16)/t8-,9+/m1/s1. The van der Waals surface area contributed by atoms with Crippen LogP contribution in [0, 0.1) is 0 Å². The number of nitrogens with zero attached hydrogens (tertiary/aromatic N) is 1. The van der Waals surface area contributed by atoms with Gasteiger partial charge in [-0.05, 0) is 12.1 Å². The number of nitrogens with two attached hydrogens (primary N) is 1. The smallest absolute Gasteiger partial charge is 0.262 e. The summed E-state index contributed by atoms with van der Waals surface area (Å²) in [6, 6.07) is 5.43. The first-order chi connectivity index (χ1) is 8.65. The highest BCUT2D eigenvalue weighted by atomic mass is 16.2. The number of amides is 3. The lowest BCUT2D eigenvalue weighted by atomic mass is 9.97. The average molecular weight is 245 g/mol. The molecule has 0 spiro atoms. The number of fused-ring (bicyclic) bond motifs is 1. The van der Waals surface area contributed by atoms with Crippen LogP contribution < -0.4 is 11.1 Å². The Morgan fingerprint density at radius 1 is 1.11 bits per heavy atom. The Morgan fingerprint density at radius 3 is 2.11 bits per heavy atom. The van der Waals surface area contributed by atoms with Crippen molar-refractivity contribution in [1.82, 2.24) is 10.2 Å². The van der Waals surface area contributed by atoms with Crippen molar-refractivity contribution in [2.24, 2.45) is 5.73 Å². The second-order valence-electron chi connectivity index (χ2n) is 4.32. The molecule has 6 nitrogen and oxygen atoms in total. The van der Waals surface area contributed by atoms with Crippen LogP contribution in [0.15, 0.2) is 24.3 Å². The molecule has 2 aliphatic heterocycles. The minimum absolute atomic E-state index is 0.198. The van der Waals surface area contributed by atoms with Crippen molar-refractivity contribution in [3.8, 4) is 0 Å². The van der Waals surface area contributed by atoms with Crippen molar-refractivity contribution in [1.29, 1.82) is 0 Å².